The van der Waals surface area contributed by atoms with Crippen molar-refractivity contribution in [3.05, 3.63) is 29.8 Å². The highest BCUT2D eigenvalue weighted by atomic mass is 16.3. The van der Waals surface area contributed by atoms with Crippen molar-refractivity contribution in [2.24, 2.45) is 0 Å². The Morgan fingerprint density at radius 3 is 3.00 bits per heavy atom. The van der Waals surface area contributed by atoms with E-state index in [0.717, 1.165) is 12.1 Å². The average molecular weight is 234 g/mol. The van der Waals surface area contributed by atoms with Crippen LogP contribution in [0.15, 0.2) is 24.3 Å². The maximum absolute atomic E-state index is 9.39. The third kappa shape index (κ3) is 3.45. The molecule has 3 nitrogen and oxygen atoms in total. The second kappa shape index (κ2) is 5.52. The van der Waals surface area contributed by atoms with Gasteiger partial charge < -0.3 is 15.3 Å². The minimum absolute atomic E-state index is 0.348. The van der Waals surface area contributed by atoms with Crippen LogP contribution in [0, 0.1) is 0 Å². The quantitative estimate of drug-likeness (QED) is 0.839. The highest BCUT2D eigenvalue weighted by Gasteiger charge is 2.21. The van der Waals surface area contributed by atoms with E-state index >= 15 is 0 Å². The number of rotatable bonds is 3. The van der Waals surface area contributed by atoms with Gasteiger partial charge in [0.1, 0.15) is 5.75 Å². The summed E-state index contributed by atoms with van der Waals surface area (Å²) in [4.78, 5) is 2.41. The van der Waals surface area contributed by atoms with Gasteiger partial charge in [-0.15, -0.1) is 0 Å². The smallest absolute Gasteiger partial charge is 0.115 e. The van der Waals surface area contributed by atoms with Crippen LogP contribution in [0.25, 0.3) is 0 Å². The topological polar surface area (TPSA) is 35.5 Å². The highest BCUT2D eigenvalue weighted by Crippen LogP contribution is 2.16. The normalized spacial score (nSPS) is 26.0. The Morgan fingerprint density at radius 1 is 1.47 bits per heavy atom. The minimum Gasteiger partial charge on any atom is -0.508 e. The molecule has 2 atom stereocenters. The van der Waals surface area contributed by atoms with Gasteiger partial charge >= 0.3 is 0 Å². The molecule has 1 fully saturated rings. The monoisotopic (exact) mass is 234 g/mol. The molecule has 0 spiro atoms. The molecule has 2 unspecified atom stereocenters. The maximum Gasteiger partial charge on any atom is 0.115 e. The highest BCUT2D eigenvalue weighted by molar-refractivity contribution is 5.26. The lowest BCUT2D eigenvalue weighted by molar-refractivity contribution is 0.168. The number of likely N-dealkylation sites (tertiary alicyclic amines) is 1. The summed E-state index contributed by atoms with van der Waals surface area (Å²) in [5, 5.41) is 13.0. The number of piperidine rings is 1. The number of aromatic hydroxyl groups is 1. The van der Waals surface area contributed by atoms with E-state index in [-0.39, 0.29) is 0 Å². The number of hydrogen-bond donors (Lipinski definition) is 2. The van der Waals surface area contributed by atoms with E-state index in [2.05, 4.69) is 24.2 Å². The Hall–Kier alpha value is -1.06. The first-order valence-corrected chi connectivity index (χ1v) is 6.36. The molecule has 0 aromatic heterocycles. The first-order chi connectivity index (χ1) is 8.15. The van der Waals surface area contributed by atoms with Gasteiger partial charge in [0.2, 0.25) is 0 Å². The van der Waals surface area contributed by atoms with E-state index in [1.165, 1.54) is 19.4 Å². The number of benzene rings is 1. The van der Waals surface area contributed by atoms with E-state index in [0.29, 0.717) is 17.8 Å². The van der Waals surface area contributed by atoms with Crippen LogP contribution in [0.4, 0.5) is 0 Å². The molecular formula is C14H22N2O. The second-order valence-electron chi connectivity index (χ2n) is 5.10. The fraction of sp³-hybridized carbons (Fsp3) is 0.571. The van der Waals surface area contributed by atoms with Crippen LogP contribution in [0.1, 0.15) is 25.3 Å². The molecule has 1 saturated heterocycles. The van der Waals surface area contributed by atoms with Crippen molar-refractivity contribution >= 4 is 0 Å². The lowest BCUT2D eigenvalue weighted by atomic mass is 9.99. The SMILES string of the molecule is CC1CC(NCc2cccc(O)c2)CCN1C. The lowest BCUT2D eigenvalue weighted by Crippen LogP contribution is -2.45. The number of hydrogen-bond acceptors (Lipinski definition) is 3. The number of nitrogens with one attached hydrogen (secondary N) is 1. The predicted molar refractivity (Wildman–Crippen MR) is 70.1 cm³/mol. The molecule has 0 radical (unpaired) electrons. The van der Waals surface area contributed by atoms with Crippen LogP contribution in [0.5, 0.6) is 5.75 Å². The molecule has 2 rings (SSSR count). The summed E-state index contributed by atoms with van der Waals surface area (Å²) in [6.45, 7) is 4.29. The number of phenols is 1. The van der Waals surface area contributed by atoms with E-state index < -0.39 is 0 Å². The largest absolute Gasteiger partial charge is 0.508 e. The zero-order chi connectivity index (χ0) is 12.3. The Kier molecular flexibility index (Phi) is 4.02. The van der Waals surface area contributed by atoms with E-state index in [4.69, 9.17) is 0 Å². The predicted octanol–water partition coefficient (Wildman–Crippen LogP) is 1.96. The van der Waals surface area contributed by atoms with E-state index in [1.54, 1.807) is 6.07 Å². The lowest BCUT2D eigenvalue weighted by Gasteiger charge is -2.35. The Balaban J connectivity index is 1.82. The Bertz CT molecular complexity index is 367. The third-order valence-corrected chi connectivity index (χ3v) is 3.71. The summed E-state index contributed by atoms with van der Waals surface area (Å²) >= 11 is 0. The van der Waals surface area contributed by atoms with Gasteiger partial charge in [0.15, 0.2) is 0 Å². The molecule has 1 aliphatic heterocycles. The molecule has 17 heavy (non-hydrogen) atoms. The van der Waals surface area contributed by atoms with Gasteiger partial charge in [-0.25, -0.2) is 0 Å². The van der Waals surface area contributed by atoms with Crippen molar-refractivity contribution in [1.82, 2.24) is 10.2 Å². The average Bonchev–Trinajstić information content (AvgIpc) is 2.31. The molecule has 0 aliphatic carbocycles. The summed E-state index contributed by atoms with van der Waals surface area (Å²) in [5.41, 5.74) is 1.15. The van der Waals surface area contributed by atoms with Crippen molar-refractivity contribution in [3.8, 4) is 5.75 Å². The molecule has 0 amide bonds. The van der Waals surface area contributed by atoms with Gasteiger partial charge in [0.25, 0.3) is 0 Å². The van der Waals surface area contributed by atoms with Gasteiger partial charge in [0.05, 0.1) is 0 Å². The molecule has 1 aromatic rings. The Morgan fingerprint density at radius 2 is 2.29 bits per heavy atom. The molecule has 1 aliphatic rings. The second-order valence-corrected chi connectivity index (χ2v) is 5.10. The fourth-order valence-electron chi connectivity index (χ4n) is 2.40. The van der Waals surface area contributed by atoms with Crippen LogP contribution in [0.3, 0.4) is 0 Å². The standard InChI is InChI=1S/C14H22N2O/c1-11-8-13(6-7-16(11)2)15-10-12-4-3-5-14(17)9-12/h3-5,9,11,13,15,17H,6-8,10H2,1-2H3. The van der Waals surface area contributed by atoms with Crippen molar-refractivity contribution in [3.63, 3.8) is 0 Å². The van der Waals surface area contributed by atoms with E-state index in [1.807, 2.05) is 18.2 Å². The molecule has 0 saturated carbocycles. The molecule has 0 bridgehead atoms. The zero-order valence-electron chi connectivity index (χ0n) is 10.7. The van der Waals surface area contributed by atoms with Crippen LogP contribution in [0.2, 0.25) is 0 Å². The number of phenolic OH excluding ortho intramolecular Hbond substituents is 1. The summed E-state index contributed by atoms with van der Waals surface area (Å²) in [7, 11) is 2.19. The van der Waals surface area contributed by atoms with Gasteiger partial charge in [-0.3, -0.25) is 0 Å². The summed E-state index contributed by atoms with van der Waals surface area (Å²) in [6.07, 6.45) is 2.41. The molecule has 1 heterocycles. The van der Waals surface area contributed by atoms with Crippen LogP contribution >= 0.6 is 0 Å². The summed E-state index contributed by atoms with van der Waals surface area (Å²) in [6, 6.07) is 8.73. The summed E-state index contributed by atoms with van der Waals surface area (Å²) < 4.78 is 0. The van der Waals surface area contributed by atoms with Crippen molar-refractivity contribution < 1.29 is 5.11 Å². The van der Waals surface area contributed by atoms with E-state index in [9.17, 15) is 5.11 Å². The first kappa shape index (κ1) is 12.4. The molecule has 2 N–H and O–H groups in total. The van der Waals surface area contributed by atoms with Crippen molar-refractivity contribution in [1.29, 1.82) is 0 Å². The fourth-order valence-corrected chi connectivity index (χ4v) is 2.40. The third-order valence-electron chi connectivity index (χ3n) is 3.71. The first-order valence-electron chi connectivity index (χ1n) is 6.36. The van der Waals surface area contributed by atoms with Crippen molar-refractivity contribution in [2.75, 3.05) is 13.6 Å². The van der Waals surface area contributed by atoms with Crippen LogP contribution < -0.4 is 5.32 Å². The summed E-state index contributed by atoms with van der Waals surface area (Å²) in [5.74, 6) is 0.348. The molecule has 94 valence electrons. The van der Waals surface area contributed by atoms with Gasteiger partial charge in [-0.05, 0) is 51.1 Å². The van der Waals surface area contributed by atoms with Gasteiger partial charge in [-0.1, -0.05) is 12.1 Å². The molecule has 1 aromatic carbocycles. The number of nitrogens with zero attached hydrogens (tertiary/aromatic N) is 1. The molecule has 3 heteroatoms. The van der Waals surface area contributed by atoms with Crippen molar-refractivity contribution in [2.45, 2.75) is 38.4 Å². The molecular weight excluding hydrogens is 212 g/mol. The minimum atomic E-state index is 0.348. The van der Waals surface area contributed by atoms with Crippen LogP contribution in [-0.2, 0) is 6.54 Å². The zero-order valence-corrected chi connectivity index (χ0v) is 10.7. The van der Waals surface area contributed by atoms with Gasteiger partial charge in [-0.2, -0.15) is 0 Å². The maximum atomic E-state index is 9.39. The van der Waals surface area contributed by atoms with Gasteiger partial charge in [0, 0.05) is 18.6 Å². The Labute approximate surface area is 103 Å². The van der Waals surface area contributed by atoms with Crippen LogP contribution in [-0.4, -0.2) is 35.7 Å².